The standard InChI is InChI=1S/C7H11NO4/c1-2-7(11)12-8-5-3-4-6(9)10/h2,8H,1,3-5H2,(H,9,10). The number of carboxylic acid groups (broad SMARTS) is 1. The van der Waals surface area contributed by atoms with Crippen LogP contribution in [-0.4, -0.2) is 23.6 Å². The summed E-state index contributed by atoms with van der Waals surface area (Å²) in [7, 11) is 0. The van der Waals surface area contributed by atoms with Gasteiger partial charge < -0.3 is 9.94 Å². The Morgan fingerprint density at radius 3 is 2.75 bits per heavy atom. The van der Waals surface area contributed by atoms with E-state index in [1.54, 1.807) is 0 Å². The van der Waals surface area contributed by atoms with Crippen molar-refractivity contribution in [2.75, 3.05) is 6.54 Å². The second-order valence-electron chi connectivity index (χ2n) is 2.02. The maximum Gasteiger partial charge on any atom is 0.348 e. The van der Waals surface area contributed by atoms with Crippen molar-refractivity contribution in [1.82, 2.24) is 5.48 Å². The van der Waals surface area contributed by atoms with Crippen molar-refractivity contribution in [3.05, 3.63) is 12.7 Å². The van der Waals surface area contributed by atoms with E-state index in [2.05, 4.69) is 16.9 Å². The van der Waals surface area contributed by atoms with Gasteiger partial charge in [-0.05, 0) is 6.42 Å². The zero-order valence-electron chi connectivity index (χ0n) is 6.58. The van der Waals surface area contributed by atoms with Gasteiger partial charge in [0.25, 0.3) is 0 Å². The first-order chi connectivity index (χ1) is 5.66. The molecule has 0 radical (unpaired) electrons. The number of carbonyl (C=O) groups excluding carboxylic acids is 1. The Labute approximate surface area is 70.0 Å². The molecule has 0 spiro atoms. The molecule has 0 saturated carbocycles. The van der Waals surface area contributed by atoms with E-state index in [1.807, 2.05) is 0 Å². The van der Waals surface area contributed by atoms with E-state index >= 15 is 0 Å². The van der Waals surface area contributed by atoms with E-state index in [0.29, 0.717) is 13.0 Å². The number of nitrogens with one attached hydrogen (secondary N) is 1. The van der Waals surface area contributed by atoms with Crippen LogP contribution in [0.4, 0.5) is 0 Å². The SMILES string of the molecule is C=CC(=O)ONCCCC(=O)O. The van der Waals surface area contributed by atoms with Gasteiger partial charge in [-0.3, -0.25) is 4.79 Å². The van der Waals surface area contributed by atoms with Crippen molar-refractivity contribution >= 4 is 11.9 Å². The van der Waals surface area contributed by atoms with Crippen LogP contribution in [0.1, 0.15) is 12.8 Å². The van der Waals surface area contributed by atoms with Crippen molar-refractivity contribution in [3.8, 4) is 0 Å². The monoisotopic (exact) mass is 173 g/mol. The van der Waals surface area contributed by atoms with Gasteiger partial charge in [-0.2, -0.15) is 5.48 Å². The van der Waals surface area contributed by atoms with Crippen LogP contribution in [0.25, 0.3) is 0 Å². The van der Waals surface area contributed by atoms with E-state index in [9.17, 15) is 9.59 Å². The van der Waals surface area contributed by atoms with Crippen LogP contribution in [0.15, 0.2) is 12.7 Å². The lowest BCUT2D eigenvalue weighted by Gasteiger charge is -2.00. The third-order valence-corrected chi connectivity index (χ3v) is 1.01. The summed E-state index contributed by atoms with van der Waals surface area (Å²) >= 11 is 0. The molecule has 2 N–H and O–H groups in total. The Hall–Kier alpha value is -1.36. The molecule has 0 amide bonds. The summed E-state index contributed by atoms with van der Waals surface area (Å²) in [5.41, 5.74) is 2.31. The molecule has 0 fully saturated rings. The molecular formula is C7H11NO4. The molecule has 0 rings (SSSR count). The fraction of sp³-hybridized carbons (Fsp3) is 0.429. The van der Waals surface area contributed by atoms with Gasteiger partial charge in [0.15, 0.2) is 0 Å². The molecule has 0 bridgehead atoms. The minimum Gasteiger partial charge on any atom is -0.481 e. The summed E-state index contributed by atoms with van der Waals surface area (Å²) in [5.74, 6) is -1.45. The second kappa shape index (κ2) is 6.36. The Kier molecular flexibility index (Phi) is 5.64. The van der Waals surface area contributed by atoms with E-state index in [-0.39, 0.29) is 6.42 Å². The molecular weight excluding hydrogens is 162 g/mol. The highest BCUT2D eigenvalue weighted by atomic mass is 16.7. The molecule has 0 saturated heterocycles. The van der Waals surface area contributed by atoms with Crippen molar-refractivity contribution in [2.45, 2.75) is 12.8 Å². The number of carbonyl (C=O) groups is 2. The van der Waals surface area contributed by atoms with Gasteiger partial charge in [0.05, 0.1) is 0 Å². The van der Waals surface area contributed by atoms with E-state index < -0.39 is 11.9 Å². The predicted octanol–water partition coefficient (Wildman–Crippen LogP) is 0.0850. The fourth-order valence-corrected chi connectivity index (χ4v) is 0.476. The van der Waals surface area contributed by atoms with Crippen molar-refractivity contribution < 1.29 is 19.5 Å². The first kappa shape index (κ1) is 10.6. The molecule has 0 aliphatic rings. The van der Waals surface area contributed by atoms with Gasteiger partial charge in [0, 0.05) is 19.0 Å². The highest BCUT2D eigenvalue weighted by molar-refractivity contribution is 5.80. The van der Waals surface area contributed by atoms with Gasteiger partial charge in [-0.15, -0.1) is 0 Å². The van der Waals surface area contributed by atoms with E-state index in [4.69, 9.17) is 5.11 Å². The highest BCUT2D eigenvalue weighted by Gasteiger charge is 1.97. The molecule has 0 atom stereocenters. The van der Waals surface area contributed by atoms with Crippen LogP contribution in [0, 0.1) is 0 Å². The lowest BCUT2D eigenvalue weighted by molar-refractivity contribution is -0.144. The average Bonchev–Trinajstić information content (AvgIpc) is 2.03. The van der Waals surface area contributed by atoms with E-state index in [1.165, 1.54) is 0 Å². The molecule has 0 aliphatic heterocycles. The number of carboxylic acids is 1. The molecule has 0 heterocycles. The van der Waals surface area contributed by atoms with Crippen LogP contribution in [-0.2, 0) is 14.4 Å². The summed E-state index contributed by atoms with van der Waals surface area (Å²) in [6.45, 7) is 3.50. The minimum atomic E-state index is -0.869. The number of hydrogen-bond donors (Lipinski definition) is 2. The lowest BCUT2D eigenvalue weighted by Crippen LogP contribution is -2.20. The lowest BCUT2D eigenvalue weighted by atomic mass is 10.3. The average molecular weight is 173 g/mol. The molecule has 12 heavy (non-hydrogen) atoms. The van der Waals surface area contributed by atoms with Gasteiger partial charge >= 0.3 is 11.9 Å². The van der Waals surface area contributed by atoms with Crippen LogP contribution in [0.5, 0.6) is 0 Å². The quantitative estimate of drug-likeness (QED) is 0.338. The van der Waals surface area contributed by atoms with Crippen LogP contribution < -0.4 is 5.48 Å². The smallest absolute Gasteiger partial charge is 0.348 e. The number of rotatable bonds is 6. The van der Waals surface area contributed by atoms with Gasteiger partial charge in [0.2, 0.25) is 0 Å². The zero-order chi connectivity index (χ0) is 9.40. The van der Waals surface area contributed by atoms with E-state index in [0.717, 1.165) is 6.08 Å². The van der Waals surface area contributed by atoms with Crippen LogP contribution >= 0.6 is 0 Å². The Morgan fingerprint density at radius 1 is 1.58 bits per heavy atom. The summed E-state index contributed by atoms with van der Waals surface area (Å²) in [5, 5.41) is 8.22. The topological polar surface area (TPSA) is 75.6 Å². The fourth-order valence-electron chi connectivity index (χ4n) is 0.476. The molecule has 68 valence electrons. The van der Waals surface area contributed by atoms with Gasteiger partial charge in [-0.25, -0.2) is 4.79 Å². The second-order valence-corrected chi connectivity index (χ2v) is 2.02. The molecule has 0 unspecified atom stereocenters. The molecule has 5 nitrogen and oxygen atoms in total. The third kappa shape index (κ3) is 6.76. The first-order valence-electron chi connectivity index (χ1n) is 3.44. The Morgan fingerprint density at radius 2 is 2.25 bits per heavy atom. The normalized spacial score (nSPS) is 9.00. The molecule has 0 aliphatic carbocycles. The third-order valence-electron chi connectivity index (χ3n) is 1.01. The molecule has 0 aromatic rings. The first-order valence-corrected chi connectivity index (χ1v) is 3.44. The molecule has 0 aromatic heterocycles. The molecule has 0 aromatic carbocycles. The predicted molar refractivity (Wildman–Crippen MR) is 41.2 cm³/mol. The number of hydroxylamine groups is 1. The maximum absolute atomic E-state index is 10.4. The minimum absolute atomic E-state index is 0.0542. The largest absolute Gasteiger partial charge is 0.481 e. The Bertz CT molecular complexity index is 178. The number of hydrogen-bond acceptors (Lipinski definition) is 4. The van der Waals surface area contributed by atoms with Crippen LogP contribution in [0.2, 0.25) is 0 Å². The van der Waals surface area contributed by atoms with Crippen molar-refractivity contribution in [3.63, 3.8) is 0 Å². The maximum atomic E-state index is 10.4. The van der Waals surface area contributed by atoms with Crippen molar-refractivity contribution in [2.24, 2.45) is 0 Å². The zero-order valence-corrected chi connectivity index (χ0v) is 6.58. The summed E-state index contributed by atoms with van der Waals surface area (Å²) in [6.07, 6.45) is 1.49. The molecule has 5 heteroatoms. The summed E-state index contributed by atoms with van der Waals surface area (Å²) < 4.78 is 0. The Balaban J connectivity index is 3.16. The van der Waals surface area contributed by atoms with Gasteiger partial charge in [-0.1, -0.05) is 6.58 Å². The van der Waals surface area contributed by atoms with Gasteiger partial charge in [0.1, 0.15) is 0 Å². The summed E-state index contributed by atoms with van der Waals surface area (Å²) in [4.78, 5) is 24.8. The van der Waals surface area contributed by atoms with Crippen LogP contribution in [0.3, 0.4) is 0 Å². The number of aliphatic carboxylic acids is 1. The van der Waals surface area contributed by atoms with Crippen molar-refractivity contribution in [1.29, 1.82) is 0 Å². The summed E-state index contributed by atoms with van der Waals surface area (Å²) in [6, 6.07) is 0. The highest BCUT2D eigenvalue weighted by Crippen LogP contribution is 1.85.